The number of hydrogen-bond acceptors (Lipinski definition) is 6. The minimum absolute atomic E-state index is 0.281. The van der Waals surface area contributed by atoms with Crippen LogP contribution in [0, 0.1) is 27.7 Å². The number of halogens is 1. The fourth-order valence-electron chi connectivity index (χ4n) is 4.04. The van der Waals surface area contributed by atoms with Gasteiger partial charge in [0.1, 0.15) is 22.1 Å². The molecule has 0 radical (unpaired) electrons. The van der Waals surface area contributed by atoms with E-state index in [1.54, 1.807) is 0 Å². The maximum absolute atomic E-state index is 12.9. The Hall–Kier alpha value is -3.68. The highest BCUT2D eigenvalue weighted by Crippen LogP contribution is 2.33. The Balaban J connectivity index is 1.32. The summed E-state index contributed by atoms with van der Waals surface area (Å²) in [6, 6.07) is 17.1. The van der Waals surface area contributed by atoms with Gasteiger partial charge in [-0.25, -0.2) is 0 Å². The number of amides is 1. The molecular formula is C27H22ClN3O3S. The van der Waals surface area contributed by atoms with Crippen LogP contribution in [0.5, 0.6) is 11.5 Å². The minimum Gasteiger partial charge on any atom is -0.457 e. The number of benzene rings is 3. The molecule has 5 aromatic rings. The Labute approximate surface area is 211 Å². The van der Waals surface area contributed by atoms with Crippen LogP contribution in [0.3, 0.4) is 0 Å². The van der Waals surface area contributed by atoms with Crippen LogP contribution < -0.4 is 10.1 Å². The van der Waals surface area contributed by atoms with Crippen molar-refractivity contribution in [1.82, 2.24) is 10.2 Å². The van der Waals surface area contributed by atoms with Crippen LogP contribution in [0.4, 0.5) is 5.13 Å². The zero-order valence-electron chi connectivity index (χ0n) is 19.6. The summed E-state index contributed by atoms with van der Waals surface area (Å²) in [5, 5.41) is 13.9. The molecule has 2 aromatic heterocycles. The van der Waals surface area contributed by atoms with Gasteiger partial charge in [-0.1, -0.05) is 35.1 Å². The molecule has 0 saturated heterocycles. The van der Waals surface area contributed by atoms with Gasteiger partial charge >= 0.3 is 0 Å². The number of furan rings is 1. The SMILES string of the molecule is Cc1cc(C)c2c(C)c(C(=O)Nc3nnc(-c4ccc(Oc5cccc(Cl)c5C)cc4)s3)oc2c1. The highest BCUT2D eigenvalue weighted by atomic mass is 35.5. The van der Waals surface area contributed by atoms with Crippen molar-refractivity contribution in [2.24, 2.45) is 0 Å². The average molecular weight is 504 g/mol. The van der Waals surface area contributed by atoms with E-state index in [0.29, 0.717) is 32.2 Å². The smallest absolute Gasteiger partial charge is 0.293 e. The van der Waals surface area contributed by atoms with Gasteiger partial charge in [0, 0.05) is 27.1 Å². The molecule has 5 rings (SSSR count). The molecule has 0 spiro atoms. The molecule has 1 N–H and O–H groups in total. The monoisotopic (exact) mass is 503 g/mol. The minimum atomic E-state index is -0.348. The first-order chi connectivity index (χ1) is 16.8. The first-order valence-electron chi connectivity index (χ1n) is 11.0. The summed E-state index contributed by atoms with van der Waals surface area (Å²) in [7, 11) is 0. The summed E-state index contributed by atoms with van der Waals surface area (Å²) in [5.74, 6) is 1.32. The number of ether oxygens (including phenoxy) is 1. The van der Waals surface area contributed by atoms with Crippen LogP contribution >= 0.6 is 22.9 Å². The van der Waals surface area contributed by atoms with E-state index in [9.17, 15) is 4.79 Å². The molecule has 0 unspecified atom stereocenters. The Morgan fingerprint density at radius 1 is 1.00 bits per heavy atom. The topological polar surface area (TPSA) is 77.2 Å². The van der Waals surface area contributed by atoms with E-state index in [0.717, 1.165) is 33.2 Å². The van der Waals surface area contributed by atoms with Gasteiger partial charge < -0.3 is 9.15 Å². The van der Waals surface area contributed by atoms with Crippen molar-refractivity contribution in [1.29, 1.82) is 0 Å². The molecular weight excluding hydrogens is 482 g/mol. The molecule has 0 aliphatic rings. The maximum atomic E-state index is 12.9. The molecule has 0 saturated carbocycles. The number of aromatic nitrogens is 2. The van der Waals surface area contributed by atoms with Crippen molar-refractivity contribution >= 4 is 44.9 Å². The number of aryl methyl sites for hydroxylation is 3. The summed E-state index contributed by atoms with van der Waals surface area (Å²) in [4.78, 5) is 12.9. The molecule has 35 heavy (non-hydrogen) atoms. The first-order valence-corrected chi connectivity index (χ1v) is 12.2. The zero-order valence-corrected chi connectivity index (χ0v) is 21.2. The van der Waals surface area contributed by atoms with E-state index in [4.69, 9.17) is 20.8 Å². The Morgan fingerprint density at radius 2 is 1.77 bits per heavy atom. The lowest BCUT2D eigenvalue weighted by Gasteiger charge is -2.09. The molecule has 3 aromatic carbocycles. The Morgan fingerprint density at radius 3 is 2.54 bits per heavy atom. The van der Waals surface area contributed by atoms with Gasteiger partial charge in [0.05, 0.1) is 0 Å². The van der Waals surface area contributed by atoms with Crippen LogP contribution in [-0.2, 0) is 0 Å². The van der Waals surface area contributed by atoms with Gasteiger partial charge in [-0.15, -0.1) is 10.2 Å². The fourth-order valence-corrected chi connectivity index (χ4v) is 4.95. The molecule has 0 bridgehead atoms. The van der Waals surface area contributed by atoms with Crippen molar-refractivity contribution in [3.8, 4) is 22.1 Å². The van der Waals surface area contributed by atoms with E-state index < -0.39 is 0 Å². The molecule has 1 amide bonds. The van der Waals surface area contributed by atoms with Crippen LogP contribution in [0.1, 0.15) is 32.8 Å². The molecule has 2 heterocycles. The predicted octanol–water partition coefficient (Wildman–Crippen LogP) is 7.88. The summed E-state index contributed by atoms with van der Waals surface area (Å²) in [6.45, 7) is 7.83. The summed E-state index contributed by atoms with van der Waals surface area (Å²) < 4.78 is 11.8. The van der Waals surface area contributed by atoms with E-state index >= 15 is 0 Å². The lowest BCUT2D eigenvalue weighted by molar-refractivity contribution is 0.0998. The number of hydrogen-bond donors (Lipinski definition) is 1. The molecule has 0 atom stereocenters. The van der Waals surface area contributed by atoms with Crippen LogP contribution in [0.25, 0.3) is 21.5 Å². The lowest BCUT2D eigenvalue weighted by atomic mass is 10.0. The predicted molar refractivity (Wildman–Crippen MR) is 140 cm³/mol. The number of rotatable bonds is 5. The first kappa shape index (κ1) is 23.1. The molecule has 0 aliphatic heterocycles. The van der Waals surface area contributed by atoms with Gasteiger partial charge in [0.25, 0.3) is 5.91 Å². The molecule has 8 heteroatoms. The molecule has 0 fully saturated rings. The lowest BCUT2D eigenvalue weighted by Crippen LogP contribution is -2.11. The Bertz CT molecular complexity index is 1570. The third-order valence-corrected chi connectivity index (χ3v) is 7.07. The van der Waals surface area contributed by atoms with Gasteiger partial charge in [-0.05, 0) is 81.3 Å². The summed E-state index contributed by atoms with van der Waals surface area (Å²) in [5.41, 5.74) is 5.43. The van der Waals surface area contributed by atoms with E-state index in [1.807, 2.05) is 76.2 Å². The second-order valence-corrected chi connectivity index (χ2v) is 9.75. The van der Waals surface area contributed by atoms with Crippen molar-refractivity contribution in [3.05, 3.63) is 87.6 Å². The molecule has 0 aliphatic carbocycles. The molecule has 6 nitrogen and oxygen atoms in total. The average Bonchev–Trinajstić information content (AvgIpc) is 3.42. The van der Waals surface area contributed by atoms with Crippen molar-refractivity contribution < 1.29 is 13.9 Å². The number of carbonyl (C=O) groups excluding carboxylic acids is 1. The van der Waals surface area contributed by atoms with E-state index in [-0.39, 0.29) is 11.7 Å². The van der Waals surface area contributed by atoms with E-state index in [1.165, 1.54) is 11.3 Å². The van der Waals surface area contributed by atoms with Crippen molar-refractivity contribution in [2.45, 2.75) is 27.7 Å². The third-order valence-electron chi connectivity index (χ3n) is 5.77. The molecule has 176 valence electrons. The van der Waals surface area contributed by atoms with E-state index in [2.05, 4.69) is 21.6 Å². The Kier molecular flexibility index (Phi) is 6.05. The fraction of sp³-hybridized carbons (Fsp3) is 0.148. The second kappa shape index (κ2) is 9.17. The normalized spacial score (nSPS) is 11.1. The van der Waals surface area contributed by atoms with Crippen LogP contribution in [-0.4, -0.2) is 16.1 Å². The van der Waals surface area contributed by atoms with Gasteiger partial charge in [0.2, 0.25) is 5.13 Å². The van der Waals surface area contributed by atoms with Crippen molar-refractivity contribution in [3.63, 3.8) is 0 Å². The van der Waals surface area contributed by atoms with Crippen LogP contribution in [0.2, 0.25) is 5.02 Å². The highest BCUT2D eigenvalue weighted by Gasteiger charge is 2.21. The van der Waals surface area contributed by atoms with Crippen molar-refractivity contribution in [2.75, 3.05) is 5.32 Å². The number of anilines is 1. The quantitative estimate of drug-likeness (QED) is 0.264. The second-order valence-electron chi connectivity index (χ2n) is 8.37. The van der Waals surface area contributed by atoms with Gasteiger partial charge in [0.15, 0.2) is 5.76 Å². The standard InChI is InChI=1S/C27H22ClN3O3S/c1-14-12-15(2)23-17(4)24(34-22(23)13-14)25(32)29-27-31-30-26(35-27)18-8-10-19(11-9-18)33-21-7-5-6-20(28)16(21)3/h5-13H,1-4H3,(H,29,31,32). The highest BCUT2D eigenvalue weighted by molar-refractivity contribution is 7.18. The maximum Gasteiger partial charge on any atom is 0.293 e. The van der Waals surface area contributed by atoms with Gasteiger partial charge in [-0.3, -0.25) is 10.1 Å². The van der Waals surface area contributed by atoms with Crippen LogP contribution in [0.15, 0.2) is 59.0 Å². The summed E-state index contributed by atoms with van der Waals surface area (Å²) in [6.07, 6.45) is 0. The number of nitrogens with one attached hydrogen (secondary N) is 1. The third kappa shape index (κ3) is 4.52. The zero-order chi connectivity index (χ0) is 24.7. The number of nitrogens with zero attached hydrogens (tertiary/aromatic N) is 2. The largest absolute Gasteiger partial charge is 0.457 e. The van der Waals surface area contributed by atoms with Gasteiger partial charge in [-0.2, -0.15) is 0 Å². The number of fused-ring (bicyclic) bond motifs is 1. The number of carbonyl (C=O) groups is 1. The summed E-state index contributed by atoms with van der Waals surface area (Å²) >= 11 is 7.46.